The second-order valence-corrected chi connectivity index (χ2v) is 6.11. The van der Waals surface area contributed by atoms with Crippen molar-refractivity contribution in [3.8, 4) is 0 Å². The summed E-state index contributed by atoms with van der Waals surface area (Å²) in [5.74, 6) is 0.513. The predicted molar refractivity (Wildman–Crippen MR) is 77.1 cm³/mol. The standard InChI is InChI=1S/C15H20N4O/c1-9-14(10-5-6-10)17-13-8-12(18-19(13)15(9)20)11-4-2-3-7-16-11/h8,10-11,16,18H,2-7H2,1H3. The Bertz CT molecular complexity index is 704. The van der Waals surface area contributed by atoms with Crippen LogP contribution in [-0.4, -0.2) is 21.1 Å². The van der Waals surface area contributed by atoms with E-state index >= 15 is 0 Å². The fourth-order valence-corrected chi connectivity index (χ4v) is 3.19. The summed E-state index contributed by atoms with van der Waals surface area (Å²) in [7, 11) is 0. The van der Waals surface area contributed by atoms with E-state index in [1.54, 1.807) is 4.52 Å². The highest BCUT2D eigenvalue weighted by atomic mass is 16.1. The van der Waals surface area contributed by atoms with Gasteiger partial charge in [0.15, 0.2) is 5.65 Å². The lowest BCUT2D eigenvalue weighted by molar-refractivity contribution is 0.404. The van der Waals surface area contributed by atoms with Gasteiger partial charge in [-0.25, -0.2) is 9.50 Å². The van der Waals surface area contributed by atoms with E-state index in [4.69, 9.17) is 4.98 Å². The van der Waals surface area contributed by atoms with Gasteiger partial charge in [0.2, 0.25) is 0 Å². The smallest absolute Gasteiger partial charge is 0.275 e. The van der Waals surface area contributed by atoms with Crippen LogP contribution in [0.1, 0.15) is 61.0 Å². The number of hydrogen-bond acceptors (Lipinski definition) is 3. The Labute approximate surface area is 117 Å². The van der Waals surface area contributed by atoms with Crippen LogP contribution in [0.15, 0.2) is 10.9 Å². The molecule has 5 nitrogen and oxygen atoms in total. The summed E-state index contributed by atoms with van der Waals surface area (Å²) in [5, 5.41) is 6.75. The van der Waals surface area contributed by atoms with Crippen molar-refractivity contribution in [3.05, 3.63) is 33.4 Å². The number of aromatic nitrogens is 3. The number of fused-ring (bicyclic) bond motifs is 1. The van der Waals surface area contributed by atoms with Crippen LogP contribution in [-0.2, 0) is 0 Å². The highest BCUT2D eigenvalue weighted by molar-refractivity contribution is 5.43. The monoisotopic (exact) mass is 272 g/mol. The number of nitrogens with one attached hydrogen (secondary N) is 2. The number of nitrogens with zero attached hydrogens (tertiary/aromatic N) is 2. The van der Waals surface area contributed by atoms with Gasteiger partial charge < -0.3 is 5.32 Å². The van der Waals surface area contributed by atoms with E-state index in [9.17, 15) is 4.79 Å². The molecular weight excluding hydrogens is 252 g/mol. The fourth-order valence-electron chi connectivity index (χ4n) is 3.19. The number of rotatable bonds is 2. The van der Waals surface area contributed by atoms with E-state index in [1.807, 2.05) is 13.0 Å². The van der Waals surface area contributed by atoms with Gasteiger partial charge in [-0.3, -0.25) is 9.89 Å². The van der Waals surface area contributed by atoms with Gasteiger partial charge in [0.05, 0.1) is 11.4 Å². The molecule has 0 spiro atoms. The van der Waals surface area contributed by atoms with Crippen LogP contribution in [0.2, 0.25) is 0 Å². The molecule has 1 aliphatic carbocycles. The third-order valence-corrected chi connectivity index (χ3v) is 4.55. The van der Waals surface area contributed by atoms with E-state index in [-0.39, 0.29) is 5.56 Å². The summed E-state index contributed by atoms with van der Waals surface area (Å²) < 4.78 is 1.60. The molecule has 2 N–H and O–H groups in total. The Morgan fingerprint density at radius 1 is 1.30 bits per heavy atom. The molecule has 2 fully saturated rings. The summed E-state index contributed by atoms with van der Waals surface area (Å²) in [6.45, 7) is 2.95. The Morgan fingerprint density at radius 2 is 2.15 bits per heavy atom. The molecule has 1 unspecified atom stereocenters. The lowest BCUT2D eigenvalue weighted by Gasteiger charge is -2.21. The van der Waals surface area contributed by atoms with Crippen molar-refractivity contribution in [3.63, 3.8) is 0 Å². The summed E-state index contributed by atoms with van der Waals surface area (Å²) in [5.41, 5.74) is 3.72. The average molecular weight is 272 g/mol. The Hall–Kier alpha value is -1.62. The molecule has 0 radical (unpaired) electrons. The molecule has 0 aromatic carbocycles. The molecule has 4 rings (SSSR count). The van der Waals surface area contributed by atoms with Crippen LogP contribution < -0.4 is 10.9 Å². The van der Waals surface area contributed by atoms with Crippen LogP contribution in [0, 0.1) is 6.92 Å². The number of H-pyrrole nitrogens is 1. The molecule has 5 heteroatoms. The minimum absolute atomic E-state index is 0.0546. The third-order valence-electron chi connectivity index (χ3n) is 4.55. The lowest BCUT2D eigenvalue weighted by Crippen LogP contribution is -2.27. The summed E-state index contributed by atoms with van der Waals surface area (Å²) >= 11 is 0. The minimum Gasteiger partial charge on any atom is -0.309 e. The zero-order valence-electron chi connectivity index (χ0n) is 11.8. The topological polar surface area (TPSA) is 62.2 Å². The van der Waals surface area contributed by atoms with E-state index in [2.05, 4.69) is 10.4 Å². The van der Waals surface area contributed by atoms with E-state index in [0.29, 0.717) is 12.0 Å². The van der Waals surface area contributed by atoms with Crippen molar-refractivity contribution in [1.29, 1.82) is 0 Å². The van der Waals surface area contributed by atoms with E-state index in [0.717, 1.165) is 35.6 Å². The molecule has 106 valence electrons. The van der Waals surface area contributed by atoms with Crippen LogP contribution in [0.3, 0.4) is 0 Å². The van der Waals surface area contributed by atoms with Gasteiger partial charge in [0, 0.05) is 23.6 Å². The second kappa shape index (κ2) is 4.45. The van der Waals surface area contributed by atoms with Gasteiger partial charge in [-0.1, -0.05) is 6.42 Å². The van der Waals surface area contributed by atoms with Crippen LogP contribution in [0.5, 0.6) is 0 Å². The van der Waals surface area contributed by atoms with Crippen LogP contribution >= 0.6 is 0 Å². The summed E-state index contributed by atoms with van der Waals surface area (Å²) in [4.78, 5) is 17.2. The first-order valence-electron chi connectivity index (χ1n) is 7.59. The maximum absolute atomic E-state index is 12.4. The van der Waals surface area contributed by atoms with Crippen molar-refractivity contribution in [1.82, 2.24) is 19.9 Å². The van der Waals surface area contributed by atoms with Crippen molar-refractivity contribution in [2.75, 3.05) is 6.54 Å². The summed E-state index contributed by atoms with van der Waals surface area (Å²) in [6.07, 6.45) is 5.94. The van der Waals surface area contributed by atoms with E-state index in [1.165, 1.54) is 25.7 Å². The third kappa shape index (κ3) is 1.88. The largest absolute Gasteiger partial charge is 0.309 e. The quantitative estimate of drug-likeness (QED) is 0.879. The molecule has 2 aromatic rings. The molecule has 1 aliphatic heterocycles. The first-order chi connectivity index (χ1) is 9.74. The molecule has 20 heavy (non-hydrogen) atoms. The molecule has 1 saturated carbocycles. The van der Waals surface area contributed by atoms with Gasteiger partial charge in [0.25, 0.3) is 5.56 Å². The molecule has 3 heterocycles. The molecule has 1 saturated heterocycles. The van der Waals surface area contributed by atoms with Gasteiger partial charge in [0.1, 0.15) is 0 Å². The zero-order valence-corrected chi connectivity index (χ0v) is 11.8. The first kappa shape index (κ1) is 12.1. The normalized spacial score (nSPS) is 23.4. The Kier molecular flexibility index (Phi) is 2.70. The molecule has 0 bridgehead atoms. The van der Waals surface area contributed by atoms with Gasteiger partial charge >= 0.3 is 0 Å². The molecule has 0 amide bonds. The van der Waals surface area contributed by atoms with Crippen molar-refractivity contribution in [2.45, 2.75) is 51.0 Å². The molecule has 2 aromatic heterocycles. The van der Waals surface area contributed by atoms with Crippen molar-refractivity contribution < 1.29 is 0 Å². The maximum atomic E-state index is 12.4. The Morgan fingerprint density at radius 3 is 2.85 bits per heavy atom. The fraction of sp³-hybridized carbons (Fsp3) is 0.600. The van der Waals surface area contributed by atoms with Crippen LogP contribution in [0.25, 0.3) is 5.65 Å². The van der Waals surface area contributed by atoms with Gasteiger partial charge in [-0.15, -0.1) is 0 Å². The predicted octanol–water partition coefficient (Wildman–Crippen LogP) is 2.02. The number of piperidine rings is 1. The molecular formula is C15H20N4O. The highest BCUT2D eigenvalue weighted by Crippen LogP contribution is 2.39. The SMILES string of the molecule is Cc1c(C2CC2)nc2cc(C3CCCCN3)[nH]n2c1=O. The second-order valence-electron chi connectivity index (χ2n) is 6.11. The molecule has 1 atom stereocenters. The summed E-state index contributed by atoms with van der Waals surface area (Å²) in [6, 6.07) is 2.37. The van der Waals surface area contributed by atoms with Crippen molar-refractivity contribution in [2.24, 2.45) is 0 Å². The van der Waals surface area contributed by atoms with Gasteiger partial charge in [-0.2, -0.15) is 0 Å². The average Bonchev–Trinajstić information content (AvgIpc) is 3.23. The molecule has 2 aliphatic rings. The lowest BCUT2D eigenvalue weighted by atomic mass is 10.0. The van der Waals surface area contributed by atoms with Crippen LogP contribution in [0.4, 0.5) is 0 Å². The highest BCUT2D eigenvalue weighted by Gasteiger charge is 2.29. The van der Waals surface area contributed by atoms with E-state index < -0.39 is 0 Å². The number of aromatic amines is 1. The maximum Gasteiger partial charge on any atom is 0.275 e. The minimum atomic E-state index is 0.0546. The first-order valence-corrected chi connectivity index (χ1v) is 7.59. The Balaban J connectivity index is 1.82. The van der Waals surface area contributed by atoms with Gasteiger partial charge in [-0.05, 0) is 39.2 Å². The van der Waals surface area contributed by atoms with Crippen molar-refractivity contribution >= 4 is 5.65 Å². The zero-order chi connectivity index (χ0) is 13.7. The number of hydrogen-bond donors (Lipinski definition) is 2.